The van der Waals surface area contributed by atoms with E-state index in [4.69, 9.17) is 0 Å². The van der Waals surface area contributed by atoms with Gasteiger partial charge in [-0.05, 0) is 67.0 Å². The smallest absolute Gasteiger partial charge is 0.232 e. The van der Waals surface area contributed by atoms with Gasteiger partial charge in [-0.25, -0.2) is 0 Å². The van der Waals surface area contributed by atoms with E-state index in [9.17, 15) is 9.59 Å². The van der Waals surface area contributed by atoms with Gasteiger partial charge < -0.3 is 0 Å². The molecule has 1 aliphatic carbocycles. The van der Waals surface area contributed by atoms with Crippen molar-refractivity contribution in [3.8, 4) is 0 Å². The van der Waals surface area contributed by atoms with Crippen molar-refractivity contribution < 1.29 is 9.59 Å². The number of ketones is 1. The van der Waals surface area contributed by atoms with Gasteiger partial charge in [-0.2, -0.15) is 0 Å². The monoisotopic (exact) mass is 435 g/mol. The van der Waals surface area contributed by atoms with Crippen LogP contribution in [0.3, 0.4) is 0 Å². The number of allylic oxidation sites excluding steroid dienone is 2. The second-order valence-corrected chi connectivity index (χ2v) is 9.36. The average Bonchev–Trinajstić information content (AvgIpc) is 2.81. The molecule has 3 aromatic carbocycles. The quantitative estimate of drug-likeness (QED) is 0.469. The second kappa shape index (κ2) is 8.47. The second-order valence-electron chi connectivity index (χ2n) is 9.36. The summed E-state index contributed by atoms with van der Waals surface area (Å²) >= 11 is 0. The summed E-state index contributed by atoms with van der Waals surface area (Å²) in [5.74, 6) is 0.131. The van der Waals surface area contributed by atoms with Crippen molar-refractivity contribution in [1.82, 2.24) is 0 Å². The van der Waals surface area contributed by atoms with E-state index in [0.29, 0.717) is 19.3 Å². The molecule has 5 rings (SSSR count). The van der Waals surface area contributed by atoms with E-state index in [1.165, 1.54) is 0 Å². The lowest BCUT2D eigenvalue weighted by Crippen LogP contribution is -2.42. The number of benzene rings is 3. The first-order valence-electron chi connectivity index (χ1n) is 11.7. The Morgan fingerprint density at radius 2 is 1.42 bits per heavy atom. The van der Waals surface area contributed by atoms with Gasteiger partial charge in [0.2, 0.25) is 5.91 Å². The van der Waals surface area contributed by atoms with Crippen LogP contribution in [0, 0.1) is 20.8 Å². The van der Waals surface area contributed by atoms with Gasteiger partial charge >= 0.3 is 0 Å². The van der Waals surface area contributed by atoms with Gasteiger partial charge in [0.15, 0.2) is 5.78 Å². The van der Waals surface area contributed by atoms with Gasteiger partial charge in [0.25, 0.3) is 0 Å². The maximum Gasteiger partial charge on any atom is 0.232 e. The van der Waals surface area contributed by atoms with Crippen molar-refractivity contribution >= 4 is 17.4 Å². The van der Waals surface area contributed by atoms with Crippen molar-refractivity contribution in [3.63, 3.8) is 0 Å². The molecule has 33 heavy (non-hydrogen) atoms. The largest absolute Gasteiger partial charge is 0.294 e. The van der Waals surface area contributed by atoms with Gasteiger partial charge in [-0.1, -0.05) is 66.7 Å². The van der Waals surface area contributed by atoms with Gasteiger partial charge in [0.1, 0.15) is 0 Å². The fourth-order valence-corrected chi connectivity index (χ4v) is 5.50. The summed E-state index contributed by atoms with van der Waals surface area (Å²) in [6.45, 7) is 6.19. The van der Waals surface area contributed by atoms with Crippen LogP contribution in [0.25, 0.3) is 0 Å². The predicted molar refractivity (Wildman–Crippen MR) is 132 cm³/mol. The van der Waals surface area contributed by atoms with E-state index in [-0.39, 0.29) is 23.5 Å². The molecule has 3 aromatic rings. The Balaban J connectivity index is 1.70. The molecule has 1 heterocycles. The Labute approximate surface area is 195 Å². The van der Waals surface area contributed by atoms with Crippen molar-refractivity contribution in [1.29, 1.82) is 0 Å². The Morgan fingerprint density at radius 1 is 0.727 bits per heavy atom. The number of rotatable bonds is 3. The fraction of sp³-hybridized carbons (Fsp3) is 0.267. The summed E-state index contributed by atoms with van der Waals surface area (Å²) in [6, 6.07) is 24.5. The molecule has 0 saturated carbocycles. The third-order valence-corrected chi connectivity index (χ3v) is 7.38. The molecule has 166 valence electrons. The van der Waals surface area contributed by atoms with E-state index in [2.05, 4.69) is 51.1 Å². The van der Waals surface area contributed by atoms with E-state index in [1.54, 1.807) is 0 Å². The van der Waals surface area contributed by atoms with Crippen LogP contribution in [0.1, 0.15) is 58.9 Å². The third kappa shape index (κ3) is 3.72. The minimum Gasteiger partial charge on any atom is -0.294 e. The summed E-state index contributed by atoms with van der Waals surface area (Å²) in [6.07, 6.45) is 1.49. The highest BCUT2D eigenvalue weighted by Gasteiger charge is 2.43. The lowest BCUT2D eigenvalue weighted by molar-refractivity contribution is -0.120. The maximum absolute atomic E-state index is 13.7. The summed E-state index contributed by atoms with van der Waals surface area (Å²) in [5.41, 5.74) is 8.22. The van der Waals surface area contributed by atoms with Crippen molar-refractivity contribution in [3.05, 3.63) is 112 Å². The molecule has 0 radical (unpaired) electrons. The number of hydrogen-bond donors (Lipinski definition) is 0. The van der Waals surface area contributed by atoms with Crippen molar-refractivity contribution in [2.75, 3.05) is 4.90 Å². The molecule has 0 fully saturated rings. The molecule has 0 bridgehead atoms. The summed E-state index contributed by atoms with van der Waals surface area (Å²) in [7, 11) is 0. The molecular formula is C30H29NO2. The van der Waals surface area contributed by atoms with Gasteiger partial charge in [0, 0.05) is 30.0 Å². The number of anilines is 1. The Kier molecular flexibility index (Phi) is 5.49. The van der Waals surface area contributed by atoms with E-state index < -0.39 is 0 Å². The fourth-order valence-electron chi connectivity index (χ4n) is 5.50. The summed E-state index contributed by atoms with van der Waals surface area (Å²) in [5, 5.41) is 0. The van der Waals surface area contributed by atoms with E-state index >= 15 is 0 Å². The van der Waals surface area contributed by atoms with Crippen LogP contribution in [-0.4, -0.2) is 11.7 Å². The van der Waals surface area contributed by atoms with Crippen LogP contribution in [-0.2, 0) is 9.59 Å². The average molecular weight is 436 g/mol. The molecule has 1 amide bonds. The van der Waals surface area contributed by atoms with E-state index in [1.807, 2.05) is 47.4 Å². The zero-order valence-corrected chi connectivity index (χ0v) is 19.5. The number of carbonyl (C=O) groups excluding carboxylic acids is 2. The number of aryl methyl sites for hydroxylation is 2. The van der Waals surface area contributed by atoms with Crippen LogP contribution in [0.15, 0.2) is 84.1 Å². The summed E-state index contributed by atoms with van der Waals surface area (Å²) < 4.78 is 0. The molecule has 3 nitrogen and oxygen atoms in total. The number of amides is 1. The highest BCUT2D eigenvalue weighted by atomic mass is 16.2. The number of nitrogens with zero attached hydrogens (tertiary/aromatic N) is 1. The van der Waals surface area contributed by atoms with Gasteiger partial charge in [-0.15, -0.1) is 0 Å². The summed E-state index contributed by atoms with van der Waals surface area (Å²) in [4.78, 5) is 29.3. The highest BCUT2D eigenvalue weighted by Crippen LogP contribution is 2.48. The minimum atomic E-state index is -0.181. The topological polar surface area (TPSA) is 37.4 Å². The first-order valence-corrected chi connectivity index (χ1v) is 11.7. The molecule has 0 saturated heterocycles. The standard InChI is InChI=1S/C30H29NO2/c1-19-11-9-15-26(21(19)3)31-27-16-23(22-12-5-4-6-13-22)17-28(32)30(27)25(18-29(31)33)24-14-8-7-10-20(24)2/h4-15,23,25H,16-18H2,1-3H3. The Bertz CT molecular complexity index is 1270. The van der Waals surface area contributed by atoms with E-state index in [0.717, 1.165) is 44.8 Å². The van der Waals surface area contributed by atoms with Gasteiger partial charge in [0.05, 0.1) is 5.69 Å². The molecular weight excluding hydrogens is 406 g/mol. The molecule has 0 spiro atoms. The molecule has 0 aromatic heterocycles. The highest BCUT2D eigenvalue weighted by molar-refractivity contribution is 6.08. The SMILES string of the molecule is Cc1ccccc1C1CC(=O)N(c2cccc(C)c2C)C2=C1C(=O)CC(c1ccccc1)C2. The first-order chi connectivity index (χ1) is 16.0. The molecule has 2 aliphatic rings. The first kappa shape index (κ1) is 21.4. The Morgan fingerprint density at radius 3 is 2.18 bits per heavy atom. The van der Waals surface area contributed by atoms with Crippen LogP contribution in [0.4, 0.5) is 5.69 Å². The number of Topliss-reactive ketones (excluding diaryl/α,β-unsaturated/α-hetero) is 1. The van der Waals surface area contributed by atoms with Crippen LogP contribution in [0.5, 0.6) is 0 Å². The molecule has 3 heteroatoms. The third-order valence-electron chi connectivity index (χ3n) is 7.38. The van der Waals surface area contributed by atoms with Crippen LogP contribution in [0.2, 0.25) is 0 Å². The zero-order valence-electron chi connectivity index (χ0n) is 19.5. The number of hydrogen-bond acceptors (Lipinski definition) is 2. The zero-order chi connectivity index (χ0) is 23.1. The predicted octanol–water partition coefficient (Wildman–Crippen LogP) is 6.53. The van der Waals surface area contributed by atoms with Crippen molar-refractivity contribution in [2.45, 2.75) is 51.9 Å². The maximum atomic E-state index is 13.7. The van der Waals surface area contributed by atoms with Crippen molar-refractivity contribution in [2.24, 2.45) is 0 Å². The molecule has 1 aliphatic heterocycles. The normalized spacial score (nSPS) is 20.8. The Hall–Kier alpha value is -3.46. The minimum absolute atomic E-state index is 0.0669. The number of carbonyl (C=O) groups is 2. The lowest BCUT2D eigenvalue weighted by Gasteiger charge is -2.41. The van der Waals surface area contributed by atoms with Crippen LogP contribution < -0.4 is 4.90 Å². The molecule has 0 N–H and O–H groups in total. The molecule has 2 atom stereocenters. The van der Waals surface area contributed by atoms with Crippen LogP contribution >= 0.6 is 0 Å². The van der Waals surface area contributed by atoms with Gasteiger partial charge in [-0.3, -0.25) is 14.5 Å². The molecule has 2 unspecified atom stereocenters. The lowest BCUT2D eigenvalue weighted by atomic mass is 9.72.